The molecule has 0 aliphatic carbocycles. The highest BCUT2D eigenvalue weighted by Crippen LogP contribution is 2.42. The van der Waals surface area contributed by atoms with Crippen LogP contribution < -0.4 is 15.0 Å². The Kier molecular flexibility index (Phi) is 6.13. The van der Waals surface area contributed by atoms with Gasteiger partial charge in [-0.05, 0) is 55.6 Å². The Morgan fingerprint density at radius 2 is 1.97 bits per heavy atom. The number of aromatic nitrogens is 2. The second-order valence-electron chi connectivity index (χ2n) is 9.19. The van der Waals surface area contributed by atoms with Gasteiger partial charge in [0, 0.05) is 30.8 Å². The Labute approximate surface area is 201 Å². The minimum absolute atomic E-state index is 0.0221. The highest BCUT2D eigenvalue weighted by Gasteiger charge is 2.36. The van der Waals surface area contributed by atoms with Crippen molar-refractivity contribution in [1.29, 1.82) is 0 Å². The van der Waals surface area contributed by atoms with Crippen LogP contribution in [0.3, 0.4) is 0 Å². The summed E-state index contributed by atoms with van der Waals surface area (Å²) >= 11 is 0. The number of ether oxygens (including phenoxy) is 1. The monoisotopic (exact) mass is 486 g/mol. The minimum atomic E-state index is -4.69. The summed E-state index contributed by atoms with van der Waals surface area (Å²) < 4.78 is 62.2. The molecule has 0 spiro atoms. The lowest BCUT2D eigenvalue weighted by Crippen LogP contribution is -2.38. The molecule has 0 radical (unpaired) electrons. The molecule has 0 saturated carbocycles. The van der Waals surface area contributed by atoms with Crippen LogP contribution in [0, 0.1) is 5.82 Å². The van der Waals surface area contributed by atoms with Gasteiger partial charge in [-0.25, -0.2) is 14.4 Å². The summed E-state index contributed by atoms with van der Waals surface area (Å²) in [7, 11) is 0. The fourth-order valence-corrected chi connectivity index (χ4v) is 4.73. The second-order valence-corrected chi connectivity index (χ2v) is 9.19. The summed E-state index contributed by atoms with van der Waals surface area (Å²) in [4.78, 5) is 10.2. The predicted molar refractivity (Wildman–Crippen MR) is 125 cm³/mol. The third-order valence-corrected chi connectivity index (χ3v) is 6.47. The molecule has 5 nitrogen and oxygen atoms in total. The smallest absolute Gasteiger partial charge is 0.419 e. The van der Waals surface area contributed by atoms with Crippen LogP contribution in [0.4, 0.5) is 23.2 Å². The van der Waals surface area contributed by atoms with Crippen LogP contribution in [0.15, 0.2) is 36.5 Å². The standard InChI is InChI=1S/C26H26F4N4O/c1-15(2)34-7-8-35-25-21(27)11-18(12-22(25)34)24-20(26(28,29)30)14-32-23(33-24)10-16-3-4-17-5-6-31-13-19(17)9-16/h3-4,9,11-12,14-15,31H,5-8,10,13H2,1-2H3. The molecule has 35 heavy (non-hydrogen) atoms. The lowest BCUT2D eigenvalue weighted by atomic mass is 9.97. The van der Waals surface area contributed by atoms with E-state index in [9.17, 15) is 13.2 Å². The van der Waals surface area contributed by atoms with E-state index >= 15 is 4.39 Å². The van der Waals surface area contributed by atoms with Gasteiger partial charge in [0.2, 0.25) is 0 Å². The van der Waals surface area contributed by atoms with Crippen molar-refractivity contribution in [3.8, 4) is 17.0 Å². The third kappa shape index (κ3) is 4.69. The van der Waals surface area contributed by atoms with Gasteiger partial charge in [-0.15, -0.1) is 0 Å². The van der Waals surface area contributed by atoms with E-state index in [2.05, 4.69) is 21.4 Å². The van der Waals surface area contributed by atoms with Crippen molar-refractivity contribution in [3.05, 3.63) is 70.4 Å². The van der Waals surface area contributed by atoms with Gasteiger partial charge < -0.3 is 15.0 Å². The average molecular weight is 487 g/mol. The molecule has 0 fully saturated rings. The first-order valence-corrected chi connectivity index (χ1v) is 11.7. The van der Waals surface area contributed by atoms with Crippen LogP contribution in [0.25, 0.3) is 11.3 Å². The fraction of sp³-hybridized carbons (Fsp3) is 0.385. The lowest BCUT2D eigenvalue weighted by molar-refractivity contribution is -0.137. The average Bonchev–Trinajstić information content (AvgIpc) is 2.83. The summed E-state index contributed by atoms with van der Waals surface area (Å²) in [5.41, 5.74) is 2.49. The van der Waals surface area contributed by atoms with Crippen molar-refractivity contribution in [2.45, 2.75) is 45.5 Å². The topological polar surface area (TPSA) is 50.3 Å². The number of hydrogen-bond donors (Lipinski definition) is 1. The highest BCUT2D eigenvalue weighted by atomic mass is 19.4. The summed E-state index contributed by atoms with van der Waals surface area (Å²) in [6.07, 6.45) is -2.68. The van der Waals surface area contributed by atoms with Crippen LogP contribution in [-0.2, 0) is 25.6 Å². The molecule has 0 atom stereocenters. The van der Waals surface area contributed by atoms with E-state index in [4.69, 9.17) is 4.74 Å². The number of benzene rings is 2. The fourth-order valence-electron chi connectivity index (χ4n) is 4.73. The van der Waals surface area contributed by atoms with Crippen molar-refractivity contribution < 1.29 is 22.3 Å². The Morgan fingerprint density at radius 1 is 1.14 bits per heavy atom. The summed E-state index contributed by atoms with van der Waals surface area (Å²) in [5, 5.41) is 3.32. The molecule has 2 aliphatic heterocycles. The normalized spacial score (nSPS) is 15.6. The van der Waals surface area contributed by atoms with Gasteiger partial charge in [-0.1, -0.05) is 18.2 Å². The quantitative estimate of drug-likeness (QED) is 0.518. The SMILES string of the molecule is CC(C)N1CCOc2c(F)cc(-c3nc(Cc4ccc5c(c4)CNCC5)ncc3C(F)(F)F)cc21. The van der Waals surface area contributed by atoms with Crippen molar-refractivity contribution in [3.63, 3.8) is 0 Å². The van der Waals surface area contributed by atoms with Gasteiger partial charge in [0.15, 0.2) is 11.6 Å². The maximum absolute atomic E-state index is 15.0. The molecule has 1 aromatic heterocycles. The molecular formula is C26H26F4N4O. The molecule has 9 heteroatoms. The molecule has 5 rings (SSSR count). The zero-order chi connectivity index (χ0) is 24.7. The number of nitrogens with one attached hydrogen (secondary N) is 1. The van der Waals surface area contributed by atoms with Crippen LogP contribution >= 0.6 is 0 Å². The first kappa shape index (κ1) is 23.5. The Morgan fingerprint density at radius 3 is 2.74 bits per heavy atom. The first-order chi connectivity index (χ1) is 16.7. The number of anilines is 1. The molecule has 3 heterocycles. The largest absolute Gasteiger partial charge is 0.486 e. The number of rotatable bonds is 4. The number of alkyl halides is 3. The zero-order valence-electron chi connectivity index (χ0n) is 19.5. The number of nitrogens with zero attached hydrogens (tertiary/aromatic N) is 3. The number of fused-ring (bicyclic) bond motifs is 2. The van der Waals surface area contributed by atoms with Crippen LogP contribution in [0.5, 0.6) is 5.75 Å². The molecule has 1 N–H and O–H groups in total. The first-order valence-electron chi connectivity index (χ1n) is 11.7. The zero-order valence-corrected chi connectivity index (χ0v) is 19.5. The minimum Gasteiger partial charge on any atom is -0.486 e. The van der Waals surface area contributed by atoms with Gasteiger partial charge in [-0.2, -0.15) is 13.2 Å². The van der Waals surface area contributed by atoms with Crippen LogP contribution in [0.1, 0.15) is 41.9 Å². The molecular weight excluding hydrogens is 460 g/mol. The molecule has 0 saturated heterocycles. The summed E-state index contributed by atoms with van der Waals surface area (Å²) in [6.45, 7) is 6.39. The molecule has 0 bridgehead atoms. The van der Waals surface area contributed by atoms with E-state index in [1.807, 2.05) is 30.9 Å². The van der Waals surface area contributed by atoms with Gasteiger partial charge in [0.05, 0.1) is 17.9 Å². The van der Waals surface area contributed by atoms with Crippen LogP contribution in [-0.4, -0.2) is 35.7 Å². The van der Waals surface area contributed by atoms with Gasteiger partial charge >= 0.3 is 6.18 Å². The third-order valence-electron chi connectivity index (χ3n) is 6.47. The predicted octanol–water partition coefficient (Wildman–Crippen LogP) is 5.15. The maximum Gasteiger partial charge on any atom is 0.419 e. The molecule has 2 aliphatic rings. The number of hydrogen-bond acceptors (Lipinski definition) is 5. The van der Waals surface area contributed by atoms with Crippen molar-refractivity contribution in [2.75, 3.05) is 24.6 Å². The molecule has 0 unspecified atom stereocenters. The molecule has 184 valence electrons. The van der Waals surface area contributed by atoms with E-state index < -0.39 is 17.6 Å². The second kappa shape index (κ2) is 9.11. The lowest BCUT2D eigenvalue weighted by Gasteiger charge is -2.35. The van der Waals surface area contributed by atoms with E-state index in [1.54, 1.807) is 0 Å². The van der Waals surface area contributed by atoms with Gasteiger partial charge in [-0.3, -0.25) is 0 Å². The number of halogens is 4. The maximum atomic E-state index is 15.0. The molecule has 3 aromatic rings. The van der Waals surface area contributed by atoms with Crippen molar-refractivity contribution in [1.82, 2.24) is 15.3 Å². The van der Waals surface area contributed by atoms with Crippen molar-refractivity contribution in [2.24, 2.45) is 0 Å². The molecule has 2 aromatic carbocycles. The summed E-state index contributed by atoms with van der Waals surface area (Å²) in [5.74, 6) is -0.413. The Balaban J connectivity index is 1.57. The Bertz CT molecular complexity index is 1260. The van der Waals surface area contributed by atoms with E-state index in [0.29, 0.717) is 18.8 Å². The van der Waals surface area contributed by atoms with Gasteiger partial charge in [0.25, 0.3) is 0 Å². The summed E-state index contributed by atoms with van der Waals surface area (Å²) in [6, 6.07) is 8.67. The molecule has 0 amide bonds. The van der Waals surface area contributed by atoms with E-state index in [-0.39, 0.29) is 35.3 Å². The Hall–Kier alpha value is -3.20. The van der Waals surface area contributed by atoms with E-state index in [1.165, 1.54) is 17.2 Å². The highest BCUT2D eigenvalue weighted by molar-refractivity contribution is 5.74. The van der Waals surface area contributed by atoms with Crippen molar-refractivity contribution >= 4 is 5.69 Å². The van der Waals surface area contributed by atoms with Crippen LogP contribution in [0.2, 0.25) is 0 Å². The van der Waals surface area contributed by atoms with E-state index in [0.717, 1.165) is 37.3 Å². The van der Waals surface area contributed by atoms with Gasteiger partial charge in [0.1, 0.15) is 18.0 Å².